The number of hydrogen-bond donors (Lipinski definition) is 0. The number of epoxide rings is 1. The van der Waals surface area contributed by atoms with Gasteiger partial charge >= 0.3 is 0 Å². The molecule has 0 radical (unpaired) electrons. The van der Waals surface area contributed by atoms with Crippen LogP contribution in [0, 0.1) is 0 Å². The van der Waals surface area contributed by atoms with Crippen LogP contribution in [0.5, 0.6) is 0 Å². The molecule has 1 heterocycles. The molecule has 0 spiro atoms. The highest BCUT2D eigenvalue weighted by Crippen LogP contribution is 2.08. The van der Waals surface area contributed by atoms with Crippen LogP contribution in [0.1, 0.15) is 12.8 Å². The quantitative estimate of drug-likeness (QED) is 0.280. The summed E-state index contributed by atoms with van der Waals surface area (Å²) in [5, 5.41) is 0. The van der Waals surface area contributed by atoms with Crippen LogP contribution in [-0.4, -0.2) is 62.4 Å². The zero-order valence-electron chi connectivity index (χ0n) is 11.0. The topological polar surface area (TPSA) is 40.2 Å². The second kappa shape index (κ2) is 11.2. The SMILES string of the molecule is COCCOCCC[SiH2]CCCOCC1CO1. The van der Waals surface area contributed by atoms with Crippen molar-refractivity contribution in [1.82, 2.24) is 0 Å². The second-order valence-corrected chi connectivity index (χ2v) is 6.52. The summed E-state index contributed by atoms with van der Waals surface area (Å²) in [5.74, 6) is 0. The Hall–Kier alpha value is 0.0569. The highest BCUT2D eigenvalue weighted by molar-refractivity contribution is 6.35. The van der Waals surface area contributed by atoms with E-state index in [9.17, 15) is 0 Å². The molecule has 0 aromatic carbocycles. The number of hydrogen-bond acceptors (Lipinski definition) is 4. The van der Waals surface area contributed by atoms with E-state index in [2.05, 4.69) is 0 Å². The Morgan fingerprint density at radius 2 is 1.76 bits per heavy atom. The Morgan fingerprint density at radius 3 is 2.41 bits per heavy atom. The lowest BCUT2D eigenvalue weighted by Crippen LogP contribution is -2.05. The number of ether oxygens (including phenoxy) is 4. The molecule has 1 saturated heterocycles. The fraction of sp³-hybridized carbons (Fsp3) is 1.00. The van der Waals surface area contributed by atoms with Gasteiger partial charge in [0.2, 0.25) is 0 Å². The lowest BCUT2D eigenvalue weighted by molar-refractivity contribution is 0.0710. The molecule has 1 aliphatic rings. The van der Waals surface area contributed by atoms with Crippen LogP contribution in [0.4, 0.5) is 0 Å². The molecule has 0 aliphatic carbocycles. The molecule has 1 rings (SSSR count). The van der Waals surface area contributed by atoms with Crippen molar-refractivity contribution in [2.45, 2.75) is 31.0 Å². The Morgan fingerprint density at radius 1 is 1.06 bits per heavy atom. The van der Waals surface area contributed by atoms with Crippen molar-refractivity contribution in [2.75, 3.05) is 46.8 Å². The van der Waals surface area contributed by atoms with Gasteiger partial charge in [0.1, 0.15) is 6.10 Å². The summed E-state index contributed by atoms with van der Waals surface area (Å²) < 4.78 is 20.9. The summed E-state index contributed by atoms with van der Waals surface area (Å²) in [7, 11) is 1.82. The average Bonchev–Trinajstić information content (AvgIpc) is 3.15. The minimum absolute atomic E-state index is 0.118. The van der Waals surface area contributed by atoms with E-state index in [-0.39, 0.29) is 9.52 Å². The van der Waals surface area contributed by atoms with Gasteiger partial charge in [-0.25, -0.2) is 0 Å². The normalized spacial score (nSPS) is 19.2. The van der Waals surface area contributed by atoms with Crippen molar-refractivity contribution in [2.24, 2.45) is 0 Å². The third-order valence-electron chi connectivity index (χ3n) is 2.72. The van der Waals surface area contributed by atoms with Crippen LogP contribution in [0.3, 0.4) is 0 Å². The van der Waals surface area contributed by atoms with E-state index < -0.39 is 0 Å². The van der Waals surface area contributed by atoms with Crippen LogP contribution in [0.15, 0.2) is 0 Å². The molecule has 1 atom stereocenters. The first-order valence-corrected chi connectivity index (χ1v) is 8.69. The Balaban J connectivity index is 1.61. The maximum absolute atomic E-state index is 5.49. The summed E-state index contributed by atoms with van der Waals surface area (Å²) in [4.78, 5) is 0. The highest BCUT2D eigenvalue weighted by atomic mass is 28.2. The summed E-state index contributed by atoms with van der Waals surface area (Å²) in [5.41, 5.74) is 0. The summed E-state index contributed by atoms with van der Waals surface area (Å²) in [6.07, 6.45) is 2.85. The molecule has 0 aromatic rings. The predicted octanol–water partition coefficient (Wildman–Crippen LogP) is 0.850. The molecule has 5 heteroatoms. The molecule has 4 nitrogen and oxygen atoms in total. The molecule has 1 unspecified atom stereocenters. The molecule has 0 N–H and O–H groups in total. The van der Waals surface area contributed by atoms with Gasteiger partial charge in [0.05, 0.1) is 26.4 Å². The van der Waals surface area contributed by atoms with Crippen molar-refractivity contribution in [3.8, 4) is 0 Å². The summed E-state index contributed by atoms with van der Waals surface area (Å²) in [6.45, 7) is 4.95. The van der Waals surface area contributed by atoms with Crippen LogP contribution >= 0.6 is 0 Å². The third-order valence-corrected chi connectivity index (χ3v) is 4.72. The minimum atomic E-state index is 0.118. The summed E-state index contributed by atoms with van der Waals surface area (Å²) in [6, 6.07) is 2.78. The van der Waals surface area contributed by atoms with Gasteiger partial charge in [0, 0.05) is 29.8 Å². The molecular formula is C12H26O4Si. The third kappa shape index (κ3) is 10.9. The Bertz CT molecular complexity index is 165. The van der Waals surface area contributed by atoms with E-state index in [4.69, 9.17) is 18.9 Å². The minimum Gasteiger partial charge on any atom is -0.382 e. The zero-order chi connectivity index (χ0) is 12.2. The first-order chi connectivity index (χ1) is 8.43. The molecule has 0 aromatic heterocycles. The van der Waals surface area contributed by atoms with Gasteiger partial charge in [-0.15, -0.1) is 0 Å². The van der Waals surface area contributed by atoms with Gasteiger partial charge in [-0.1, -0.05) is 12.1 Å². The Labute approximate surface area is 107 Å². The number of rotatable bonds is 13. The lowest BCUT2D eigenvalue weighted by atomic mass is 10.5. The first kappa shape index (κ1) is 15.1. The fourth-order valence-electron chi connectivity index (χ4n) is 1.56. The molecule has 102 valence electrons. The molecule has 1 aliphatic heterocycles. The van der Waals surface area contributed by atoms with Gasteiger partial charge < -0.3 is 18.9 Å². The molecule has 0 amide bonds. The van der Waals surface area contributed by atoms with E-state index in [0.717, 1.165) is 33.0 Å². The van der Waals surface area contributed by atoms with E-state index in [0.29, 0.717) is 12.7 Å². The average molecular weight is 262 g/mol. The zero-order valence-corrected chi connectivity index (χ0v) is 12.4. The number of methoxy groups -OCH3 is 1. The highest BCUT2D eigenvalue weighted by Gasteiger charge is 2.21. The lowest BCUT2D eigenvalue weighted by Gasteiger charge is -2.04. The van der Waals surface area contributed by atoms with Gasteiger partial charge in [0.15, 0.2) is 0 Å². The van der Waals surface area contributed by atoms with E-state index in [1.54, 1.807) is 7.11 Å². The molecule has 0 saturated carbocycles. The predicted molar refractivity (Wildman–Crippen MR) is 70.6 cm³/mol. The molecular weight excluding hydrogens is 236 g/mol. The molecule has 17 heavy (non-hydrogen) atoms. The van der Waals surface area contributed by atoms with E-state index in [1.807, 2.05) is 0 Å². The van der Waals surface area contributed by atoms with Crippen molar-refractivity contribution in [3.05, 3.63) is 0 Å². The van der Waals surface area contributed by atoms with Crippen molar-refractivity contribution >= 4 is 9.52 Å². The van der Waals surface area contributed by atoms with Crippen LogP contribution < -0.4 is 0 Å². The van der Waals surface area contributed by atoms with Crippen molar-refractivity contribution in [3.63, 3.8) is 0 Å². The largest absolute Gasteiger partial charge is 0.382 e. The first-order valence-electron chi connectivity index (χ1n) is 6.69. The van der Waals surface area contributed by atoms with Gasteiger partial charge in [-0.05, 0) is 12.8 Å². The molecule has 1 fully saturated rings. The standard InChI is InChI=1S/C12H26O4Si/c1-13-6-7-14-4-2-8-17-9-3-5-15-10-12-11-16-12/h12H,2-11,17H2,1H3. The van der Waals surface area contributed by atoms with Crippen LogP contribution in [0.25, 0.3) is 0 Å². The van der Waals surface area contributed by atoms with Gasteiger partial charge in [-0.3, -0.25) is 0 Å². The Kier molecular flexibility index (Phi) is 9.93. The fourth-order valence-corrected chi connectivity index (χ4v) is 3.03. The van der Waals surface area contributed by atoms with Gasteiger partial charge in [-0.2, -0.15) is 0 Å². The molecule has 0 bridgehead atoms. The summed E-state index contributed by atoms with van der Waals surface area (Å²) >= 11 is 0. The van der Waals surface area contributed by atoms with Crippen LogP contribution in [-0.2, 0) is 18.9 Å². The van der Waals surface area contributed by atoms with E-state index >= 15 is 0 Å². The monoisotopic (exact) mass is 262 g/mol. The van der Waals surface area contributed by atoms with Crippen LogP contribution in [0.2, 0.25) is 12.1 Å². The maximum Gasteiger partial charge on any atom is 0.104 e. The second-order valence-electron chi connectivity index (χ2n) is 4.40. The maximum atomic E-state index is 5.49. The van der Waals surface area contributed by atoms with Gasteiger partial charge in [0.25, 0.3) is 0 Å². The van der Waals surface area contributed by atoms with Crippen molar-refractivity contribution < 1.29 is 18.9 Å². The van der Waals surface area contributed by atoms with E-state index in [1.165, 1.54) is 24.9 Å². The van der Waals surface area contributed by atoms with Crippen molar-refractivity contribution in [1.29, 1.82) is 0 Å². The smallest absolute Gasteiger partial charge is 0.104 e.